The summed E-state index contributed by atoms with van der Waals surface area (Å²) in [5.74, 6) is -0.911. The maximum atomic E-state index is 13.4. The van der Waals surface area contributed by atoms with Gasteiger partial charge < -0.3 is 41.4 Å². The van der Waals surface area contributed by atoms with Gasteiger partial charge in [0.15, 0.2) is 11.4 Å². The molecule has 6 aromatic rings. The van der Waals surface area contributed by atoms with E-state index in [0.717, 1.165) is 55.9 Å². The number of carbonyl (C=O) groups is 5. The predicted octanol–water partition coefficient (Wildman–Crippen LogP) is 3.70. The summed E-state index contributed by atoms with van der Waals surface area (Å²) in [5.41, 5.74) is 5.02. The first kappa shape index (κ1) is 57.9. The average Bonchev–Trinajstić information content (AvgIpc) is 4.13. The van der Waals surface area contributed by atoms with Gasteiger partial charge in [-0.05, 0) is 49.6 Å². The normalized spacial score (nSPS) is 15.5. The van der Waals surface area contributed by atoms with Crippen molar-refractivity contribution in [2.24, 2.45) is 0 Å². The van der Waals surface area contributed by atoms with Crippen LogP contribution < -0.4 is 34.9 Å². The van der Waals surface area contributed by atoms with Crippen LogP contribution in [0.25, 0.3) is 0 Å². The minimum Gasteiger partial charge on any atom is -0.793 e. The van der Waals surface area contributed by atoms with Crippen molar-refractivity contribution in [3.05, 3.63) is 161 Å². The molecule has 0 bridgehead atoms. The van der Waals surface area contributed by atoms with E-state index in [1.54, 1.807) is 26.0 Å². The monoisotopic (exact) mass is 971 g/mol. The van der Waals surface area contributed by atoms with Crippen molar-refractivity contribution in [3.63, 3.8) is 0 Å². The quantitative estimate of drug-likeness (QED) is 0.131. The molecule has 0 spiro atoms. The fraction of sp³-hybridized carbons (Fsp3) is 0.347. The number of nitrogens with one attached hydrogen (secondary N) is 1. The number of carbonyl (C=O) groups excluding carboxylic acids is 5. The molecule has 0 aliphatic carbocycles. The molecule has 2 aliphatic rings. The van der Waals surface area contributed by atoms with Crippen molar-refractivity contribution in [1.82, 2.24) is 39.9 Å². The molecule has 5 heterocycles. The van der Waals surface area contributed by atoms with Crippen molar-refractivity contribution in [2.45, 2.75) is 73.6 Å². The molecule has 21 heteroatoms. The van der Waals surface area contributed by atoms with Crippen molar-refractivity contribution in [2.75, 3.05) is 39.3 Å². The molecule has 1 N–H and O–H groups in total. The number of halogens is 1. The molecule has 2 fully saturated rings. The molecule has 3 radical (unpaired) electrons. The molecule has 18 nitrogen and oxygen atoms in total. The Bertz CT molecular complexity index is 2550. The van der Waals surface area contributed by atoms with Crippen LogP contribution in [0.1, 0.15) is 108 Å². The second-order valence-corrected chi connectivity index (χ2v) is 15.7. The van der Waals surface area contributed by atoms with Crippen LogP contribution >= 0.6 is 0 Å². The number of benzene rings is 3. The fourth-order valence-corrected chi connectivity index (χ4v) is 7.39. The Morgan fingerprint density at radius 2 is 1.26 bits per heavy atom. The van der Waals surface area contributed by atoms with Crippen LogP contribution in [0.4, 0.5) is 4.39 Å². The largest absolute Gasteiger partial charge is 1.00 e. The average molecular weight is 972 g/mol. The third-order valence-electron chi connectivity index (χ3n) is 10.6. The van der Waals surface area contributed by atoms with E-state index in [1.807, 2.05) is 83.0 Å². The van der Waals surface area contributed by atoms with E-state index in [4.69, 9.17) is 9.05 Å². The second kappa shape index (κ2) is 28.9. The third-order valence-corrected chi connectivity index (χ3v) is 10.6. The Labute approximate surface area is 430 Å². The van der Waals surface area contributed by atoms with E-state index in [0.29, 0.717) is 49.1 Å². The number of aromatic nitrogens is 4. The second-order valence-electron chi connectivity index (χ2n) is 15.7. The van der Waals surface area contributed by atoms with Gasteiger partial charge in [0.2, 0.25) is 5.97 Å². The Hall–Kier alpha value is -6.45. The number of hydrogen-bond acceptors (Lipinski definition) is 15. The van der Waals surface area contributed by atoms with Crippen LogP contribution in [0.5, 0.6) is 0 Å². The van der Waals surface area contributed by atoms with Crippen molar-refractivity contribution in [1.29, 1.82) is 0 Å². The zero-order valence-corrected chi connectivity index (χ0v) is 41.7. The molecule has 3 atom stereocenters. The van der Waals surface area contributed by atoms with E-state index >= 15 is 0 Å². The van der Waals surface area contributed by atoms with Gasteiger partial charge in [0.25, 0.3) is 11.8 Å². The molecule has 2 amide bonds. The maximum absolute atomic E-state index is 13.4. The maximum Gasteiger partial charge on any atom is 1.00 e. The van der Waals surface area contributed by atoms with Crippen LogP contribution in [0.3, 0.4) is 0 Å². The Morgan fingerprint density at radius 3 is 1.73 bits per heavy atom. The molecule has 2 aliphatic heterocycles. The molecule has 3 aromatic carbocycles. The topological polar surface area (TPSA) is 205 Å². The van der Waals surface area contributed by atoms with Crippen LogP contribution in [0.2, 0.25) is 0 Å². The first-order valence-corrected chi connectivity index (χ1v) is 21.7. The summed E-state index contributed by atoms with van der Waals surface area (Å²) in [6.07, 6.45) is 3.71. The summed E-state index contributed by atoms with van der Waals surface area (Å²) >= 11 is 0. The molecule has 3 aromatic heterocycles. The molecular formula is C49H58BFN8NaO10. The van der Waals surface area contributed by atoms with E-state index in [1.165, 1.54) is 19.1 Å². The van der Waals surface area contributed by atoms with Gasteiger partial charge >= 0.3 is 41.5 Å². The molecule has 8 rings (SSSR count). The zero-order chi connectivity index (χ0) is 49.2. The zero-order valence-electron chi connectivity index (χ0n) is 39.7. The van der Waals surface area contributed by atoms with Gasteiger partial charge in [0.1, 0.15) is 17.3 Å². The van der Waals surface area contributed by atoms with Gasteiger partial charge in [-0.15, -0.1) is 0 Å². The minimum atomic E-state index is -0.639. The Morgan fingerprint density at radius 1 is 0.757 bits per heavy atom. The smallest absolute Gasteiger partial charge is 0.793 e. The van der Waals surface area contributed by atoms with Crippen LogP contribution in [-0.4, -0.2) is 112 Å². The summed E-state index contributed by atoms with van der Waals surface area (Å²) in [6, 6.07) is 30.1. The summed E-state index contributed by atoms with van der Waals surface area (Å²) in [4.78, 5) is 73.1. The summed E-state index contributed by atoms with van der Waals surface area (Å²) in [5, 5.41) is 11.1. The fourth-order valence-electron chi connectivity index (χ4n) is 7.39. The van der Waals surface area contributed by atoms with E-state index in [9.17, 15) is 28.4 Å². The molecule has 0 saturated carbocycles. The van der Waals surface area contributed by atoms with E-state index in [-0.39, 0.29) is 72.7 Å². The number of rotatable bonds is 8. The van der Waals surface area contributed by atoms with Crippen molar-refractivity contribution >= 4 is 37.8 Å². The number of piperazine rings is 2. The molecule has 70 heavy (non-hydrogen) atoms. The molecule has 365 valence electrons. The SMILES string of the molecule is C.CC(=O)OOC(C)=O.Cc1cc(C(=O)N2CCN(Cc3cncn3[C@H](C)c3ccc(F)cc3)CC2c2ccccc2)no1.Cc1cc(C(=O)N2CCNCC2c2ccccc2)no1.[B-]OC(C)=O.[Na+]. The third kappa shape index (κ3) is 17.2. The molecule has 2 unspecified atom stereocenters. The van der Waals surface area contributed by atoms with Crippen LogP contribution in [0.15, 0.2) is 119 Å². The van der Waals surface area contributed by atoms with Gasteiger partial charge in [-0.1, -0.05) is 90.5 Å². The van der Waals surface area contributed by atoms with Gasteiger partial charge in [-0.2, -0.15) is 0 Å². The van der Waals surface area contributed by atoms with E-state index < -0.39 is 17.9 Å². The van der Waals surface area contributed by atoms with Crippen LogP contribution in [-0.2, 0) is 35.4 Å². The molecular weight excluding hydrogens is 913 g/mol. The van der Waals surface area contributed by atoms with E-state index in [2.05, 4.69) is 71.6 Å². The number of hydrogen-bond donors (Lipinski definition) is 1. The van der Waals surface area contributed by atoms with Gasteiger partial charge in [0.05, 0.1) is 30.1 Å². The van der Waals surface area contributed by atoms with Gasteiger partial charge in [-0.3, -0.25) is 19.3 Å². The Kier molecular flexibility index (Phi) is 23.9. The number of nitrogens with zero attached hydrogens (tertiary/aromatic N) is 7. The number of aryl methyl sites for hydroxylation is 2. The first-order valence-electron chi connectivity index (χ1n) is 21.7. The van der Waals surface area contributed by atoms with Crippen molar-refractivity contribution < 1.29 is 81.4 Å². The minimum absolute atomic E-state index is 0. The van der Waals surface area contributed by atoms with Crippen LogP contribution in [0, 0.1) is 19.7 Å². The number of amides is 2. The van der Waals surface area contributed by atoms with Crippen molar-refractivity contribution in [3.8, 4) is 0 Å². The summed E-state index contributed by atoms with van der Waals surface area (Å²) in [6.45, 7) is 14.1. The first-order chi connectivity index (χ1) is 32.6. The summed E-state index contributed by atoms with van der Waals surface area (Å²) < 4.78 is 29.3. The van der Waals surface area contributed by atoms with Gasteiger partial charge in [-0.25, -0.2) is 28.7 Å². The predicted molar refractivity (Wildman–Crippen MR) is 251 cm³/mol. The molecule has 2 saturated heterocycles. The number of imidazole rings is 1. The standard InChI is InChI=1S/C27H28FN5O2.C15H17N3O2.C4H6O4.C2H3BO2.CH4.Na/c1-19-14-25(30-35-19)27(34)32-13-12-31(17-26(32)22-6-4-3-5-7-22)16-24-15-29-18-33(24)20(2)21-8-10-23(28)11-9-21;1-11-9-13(17-20-11)15(19)18-8-7-16-10-14(18)12-5-3-2-4-6-12;1-3(5)7-8-4(2)6;1-2(4)5-3;;/h3-11,14-15,18,20,26H,12-13,16-17H2,1-2H3;2-6,9,14,16H,7-8,10H2,1H3;1-2H3;1H3;1H4;/q;;;-1;;+1/t20-,26?;;;;;/m1...../s1. The van der Waals surface area contributed by atoms with Gasteiger partial charge in [0, 0.05) is 84.9 Å². The summed E-state index contributed by atoms with van der Waals surface area (Å²) in [7, 11) is 4.32. The Balaban J connectivity index is 0.000000311.